The molecular formula is C20H19FN2O5. The Morgan fingerprint density at radius 1 is 1.21 bits per heavy atom. The molecule has 4 N–H and O–H groups in total. The predicted molar refractivity (Wildman–Crippen MR) is 98.6 cm³/mol. The van der Waals surface area contributed by atoms with E-state index in [1.165, 1.54) is 43.5 Å². The Hall–Kier alpha value is -3.42. The van der Waals surface area contributed by atoms with Gasteiger partial charge in [0, 0.05) is 24.0 Å². The second kappa shape index (κ2) is 6.95. The maximum Gasteiger partial charge on any atom is 0.316 e. The van der Waals surface area contributed by atoms with E-state index in [0.29, 0.717) is 0 Å². The topological polar surface area (TPSA) is 123 Å². The molecule has 0 bridgehead atoms. The fraction of sp³-hybridized carbons (Fsp3) is 0.250. The van der Waals surface area contributed by atoms with Gasteiger partial charge < -0.3 is 20.7 Å². The highest BCUT2D eigenvalue weighted by atomic mass is 19.1. The third-order valence-electron chi connectivity index (χ3n) is 4.92. The summed E-state index contributed by atoms with van der Waals surface area (Å²) in [5, 5.41) is 19.4. The van der Waals surface area contributed by atoms with Crippen LogP contribution < -0.4 is 10.5 Å². The van der Waals surface area contributed by atoms with Crippen molar-refractivity contribution in [1.82, 2.24) is 4.98 Å². The number of ether oxygens (including phenoxy) is 1. The molecule has 1 aliphatic carbocycles. The van der Waals surface area contributed by atoms with E-state index in [-0.39, 0.29) is 35.7 Å². The van der Waals surface area contributed by atoms with Crippen molar-refractivity contribution in [3.63, 3.8) is 0 Å². The Kier molecular flexibility index (Phi) is 4.80. The van der Waals surface area contributed by atoms with Crippen LogP contribution in [0.15, 0.2) is 48.7 Å². The normalized spacial score (nSPS) is 23.9. The van der Waals surface area contributed by atoms with Gasteiger partial charge in [-0.1, -0.05) is 12.2 Å². The first-order valence-electron chi connectivity index (χ1n) is 8.50. The van der Waals surface area contributed by atoms with Crippen molar-refractivity contribution in [2.45, 2.75) is 25.2 Å². The van der Waals surface area contributed by atoms with Gasteiger partial charge in [0.1, 0.15) is 11.2 Å². The number of hydrogen-bond acceptors (Lipinski definition) is 5. The number of aliphatic carboxylic acids is 2. The van der Waals surface area contributed by atoms with E-state index in [1.807, 2.05) is 0 Å². The summed E-state index contributed by atoms with van der Waals surface area (Å²) >= 11 is 0. The van der Waals surface area contributed by atoms with Crippen LogP contribution in [-0.4, -0.2) is 27.1 Å². The van der Waals surface area contributed by atoms with Gasteiger partial charge in [0.25, 0.3) is 0 Å². The highest BCUT2D eigenvalue weighted by molar-refractivity contribution is 5.85. The van der Waals surface area contributed by atoms with Crippen LogP contribution in [-0.2, 0) is 15.0 Å². The number of rotatable bonds is 5. The summed E-state index contributed by atoms with van der Waals surface area (Å²) in [6.07, 6.45) is 4.30. The number of nitrogens with zero attached hydrogens (tertiary/aromatic N) is 1. The molecule has 0 radical (unpaired) electrons. The number of allylic oxidation sites excluding steroid dienone is 1. The van der Waals surface area contributed by atoms with Crippen LogP contribution in [0, 0.1) is 11.2 Å². The standard InChI is InChI=1S/C20H19FN2O5/c1-19(17(24)25)6-2-7-20(11-19,18(26)27)16-10-13(5-8-23-16)28-15-4-3-12(22)9-14(15)21/h2-6,8-10H,7,11,22H2,1H3,(H,24,25)(H,26,27). The van der Waals surface area contributed by atoms with Gasteiger partial charge in [-0.25, -0.2) is 4.39 Å². The molecule has 0 amide bonds. The minimum absolute atomic E-state index is 0.0744. The van der Waals surface area contributed by atoms with Crippen molar-refractivity contribution in [1.29, 1.82) is 0 Å². The molecular weight excluding hydrogens is 367 g/mol. The molecule has 0 aliphatic heterocycles. The van der Waals surface area contributed by atoms with E-state index in [9.17, 15) is 24.2 Å². The van der Waals surface area contributed by atoms with Gasteiger partial charge in [-0.3, -0.25) is 14.6 Å². The summed E-state index contributed by atoms with van der Waals surface area (Å²) in [4.78, 5) is 28.0. The molecule has 1 aromatic heterocycles. The lowest BCUT2D eigenvalue weighted by Crippen LogP contribution is -2.45. The first kappa shape index (κ1) is 19.3. The van der Waals surface area contributed by atoms with E-state index in [4.69, 9.17) is 10.5 Å². The number of nitrogens with two attached hydrogens (primary N) is 1. The molecule has 7 nitrogen and oxygen atoms in total. The van der Waals surface area contributed by atoms with Gasteiger partial charge in [-0.2, -0.15) is 0 Å². The maximum atomic E-state index is 14.0. The van der Waals surface area contributed by atoms with Gasteiger partial charge in [0.05, 0.1) is 11.1 Å². The van der Waals surface area contributed by atoms with Gasteiger partial charge in [0.15, 0.2) is 11.6 Å². The number of carbonyl (C=O) groups is 2. The molecule has 0 spiro atoms. The van der Waals surface area contributed by atoms with Crippen LogP contribution in [0.5, 0.6) is 11.5 Å². The second-order valence-electron chi connectivity index (χ2n) is 7.06. The molecule has 146 valence electrons. The molecule has 3 rings (SSSR count). The quantitative estimate of drug-likeness (QED) is 0.532. The fourth-order valence-corrected chi connectivity index (χ4v) is 3.36. The van der Waals surface area contributed by atoms with Gasteiger partial charge in [-0.05, 0) is 38.0 Å². The monoisotopic (exact) mass is 386 g/mol. The van der Waals surface area contributed by atoms with E-state index in [2.05, 4.69) is 4.98 Å². The smallest absolute Gasteiger partial charge is 0.316 e. The Bertz CT molecular complexity index is 977. The number of pyridine rings is 1. The minimum Gasteiger partial charge on any atom is -0.481 e. The predicted octanol–water partition coefficient (Wildman–Crippen LogP) is 3.36. The van der Waals surface area contributed by atoms with Crippen molar-refractivity contribution in [3.8, 4) is 11.5 Å². The third kappa shape index (κ3) is 3.40. The largest absolute Gasteiger partial charge is 0.481 e. The van der Waals surface area contributed by atoms with Crippen LogP contribution in [0.25, 0.3) is 0 Å². The lowest BCUT2D eigenvalue weighted by molar-refractivity contribution is -0.151. The summed E-state index contributed by atoms with van der Waals surface area (Å²) in [5.74, 6) is -2.86. The van der Waals surface area contributed by atoms with Crippen LogP contribution in [0.2, 0.25) is 0 Å². The highest BCUT2D eigenvalue weighted by Gasteiger charge is 2.50. The van der Waals surface area contributed by atoms with Crippen molar-refractivity contribution in [3.05, 3.63) is 60.2 Å². The van der Waals surface area contributed by atoms with Gasteiger partial charge in [0.2, 0.25) is 0 Å². The molecule has 1 aliphatic rings. The van der Waals surface area contributed by atoms with E-state index < -0.39 is 28.6 Å². The summed E-state index contributed by atoms with van der Waals surface area (Å²) < 4.78 is 19.5. The molecule has 2 aromatic rings. The zero-order valence-electron chi connectivity index (χ0n) is 15.1. The lowest BCUT2D eigenvalue weighted by atomic mass is 9.64. The summed E-state index contributed by atoms with van der Waals surface area (Å²) in [7, 11) is 0. The molecule has 1 heterocycles. The van der Waals surface area contributed by atoms with Gasteiger partial charge >= 0.3 is 11.9 Å². The molecule has 2 atom stereocenters. The van der Waals surface area contributed by atoms with Crippen molar-refractivity contribution in [2.24, 2.45) is 5.41 Å². The number of hydrogen-bond donors (Lipinski definition) is 3. The minimum atomic E-state index is -1.54. The first-order chi connectivity index (χ1) is 13.2. The van der Waals surface area contributed by atoms with E-state index in [1.54, 1.807) is 6.08 Å². The van der Waals surface area contributed by atoms with Crippen molar-refractivity contribution < 1.29 is 28.9 Å². The fourth-order valence-electron chi connectivity index (χ4n) is 3.36. The highest BCUT2D eigenvalue weighted by Crippen LogP contribution is 2.45. The van der Waals surface area contributed by atoms with Crippen molar-refractivity contribution in [2.75, 3.05) is 5.73 Å². The van der Waals surface area contributed by atoms with E-state index in [0.717, 1.165) is 6.07 Å². The molecule has 2 unspecified atom stereocenters. The Morgan fingerprint density at radius 3 is 2.61 bits per heavy atom. The number of benzene rings is 1. The molecule has 8 heteroatoms. The number of nitrogen functional groups attached to an aromatic ring is 1. The Morgan fingerprint density at radius 2 is 1.96 bits per heavy atom. The summed E-state index contributed by atoms with van der Waals surface area (Å²) in [6, 6.07) is 6.81. The molecule has 0 saturated carbocycles. The Balaban J connectivity index is 2.00. The zero-order chi connectivity index (χ0) is 20.5. The number of aromatic nitrogens is 1. The summed E-state index contributed by atoms with van der Waals surface area (Å²) in [6.45, 7) is 1.47. The van der Waals surface area contributed by atoms with E-state index >= 15 is 0 Å². The molecule has 0 fully saturated rings. The zero-order valence-corrected chi connectivity index (χ0v) is 15.1. The van der Waals surface area contributed by atoms with Gasteiger partial charge in [-0.15, -0.1) is 0 Å². The number of halogens is 1. The lowest BCUT2D eigenvalue weighted by Gasteiger charge is -2.37. The SMILES string of the molecule is CC1(C(=O)O)C=CCC(C(=O)O)(c2cc(Oc3ccc(N)cc3F)ccn2)C1. The molecule has 1 aromatic carbocycles. The number of anilines is 1. The maximum absolute atomic E-state index is 14.0. The second-order valence-corrected chi connectivity index (χ2v) is 7.06. The van der Waals surface area contributed by atoms with Crippen molar-refractivity contribution >= 4 is 17.6 Å². The Labute approximate surface area is 160 Å². The first-order valence-corrected chi connectivity index (χ1v) is 8.50. The average molecular weight is 386 g/mol. The molecule has 0 saturated heterocycles. The third-order valence-corrected chi connectivity index (χ3v) is 4.92. The van der Waals surface area contributed by atoms with Crippen LogP contribution in [0.4, 0.5) is 10.1 Å². The average Bonchev–Trinajstić information content (AvgIpc) is 2.64. The molecule has 28 heavy (non-hydrogen) atoms. The van der Waals surface area contributed by atoms with Crippen LogP contribution >= 0.6 is 0 Å². The number of carboxylic acids is 2. The van der Waals surface area contributed by atoms with Crippen LogP contribution in [0.1, 0.15) is 25.5 Å². The van der Waals surface area contributed by atoms with Crippen LogP contribution in [0.3, 0.4) is 0 Å². The number of carboxylic acid groups (broad SMARTS) is 2. The summed E-state index contributed by atoms with van der Waals surface area (Å²) in [5.41, 5.74) is 3.01.